The average molecular weight is 250 g/mol. The molecule has 0 aliphatic carbocycles. The van der Waals surface area contributed by atoms with Gasteiger partial charge in [-0.2, -0.15) is 5.10 Å². The molecule has 1 aliphatic rings. The van der Waals surface area contributed by atoms with Gasteiger partial charge in [-0.1, -0.05) is 20.8 Å². The number of hydrogen-bond donors (Lipinski definition) is 3. The highest BCUT2D eigenvalue weighted by Gasteiger charge is 2.21. The summed E-state index contributed by atoms with van der Waals surface area (Å²) in [5.74, 6) is 0.977. The van der Waals surface area contributed by atoms with E-state index in [-0.39, 0.29) is 5.91 Å². The summed E-state index contributed by atoms with van der Waals surface area (Å²) >= 11 is 0. The molecule has 0 radical (unpaired) electrons. The lowest BCUT2D eigenvalue weighted by Gasteiger charge is -2.16. The van der Waals surface area contributed by atoms with Crippen molar-refractivity contribution in [2.45, 2.75) is 33.7 Å². The van der Waals surface area contributed by atoms with E-state index in [1.807, 2.05) is 0 Å². The van der Waals surface area contributed by atoms with Crippen LogP contribution in [0.1, 0.15) is 42.5 Å². The maximum absolute atomic E-state index is 12.1. The molecular formula is C13H22N4O. The van der Waals surface area contributed by atoms with E-state index in [1.165, 1.54) is 0 Å². The summed E-state index contributed by atoms with van der Waals surface area (Å²) in [6, 6.07) is 0. The van der Waals surface area contributed by atoms with E-state index in [1.54, 1.807) is 0 Å². The second kappa shape index (κ2) is 5.52. The van der Waals surface area contributed by atoms with Gasteiger partial charge in [-0.3, -0.25) is 9.89 Å². The van der Waals surface area contributed by atoms with Gasteiger partial charge in [0.05, 0.1) is 0 Å². The molecule has 1 aromatic heterocycles. The maximum Gasteiger partial charge on any atom is 0.272 e. The molecule has 18 heavy (non-hydrogen) atoms. The van der Waals surface area contributed by atoms with Crippen molar-refractivity contribution in [2.24, 2.45) is 11.8 Å². The second-order valence-electron chi connectivity index (χ2n) is 5.39. The summed E-state index contributed by atoms with van der Waals surface area (Å²) in [5, 5.41) is 13.3. The molecular weight excluding hydrogens is 228 g/mol. The van der Waals surface area contributed by atoms with E-state index in [2.05, 4.69) is 41.6 Å². The Hall–Kier alpha value is -1.36. The third-order valence-electron chi connectivity index (χ3n) is 3.74. The standard InChI is InChI=1S/C13H22N4O/c1-8(2)9(3)6-15-13(18)12-10-7-14-5-4-11(10)16-17-12/h8-9,14H,4-7H2,1-3H3,(H,15,18)(H,16,17). The summed E-state index contributed by atoms with van der Waals surface area (Å²) in [6.07, 6.45) is 0.915. The Kier molecular flexibility index (Phi) is 4.01. The van der Waals surface area contributed by atoms with E-state index in [9.17, 15) is 4.79 Å². The highest BCUT2D eigenvalue weighted by Crippen LogP contribution is 2.15. The van der Waals surface area contributed by atoms with Gasteiger partial charge in [-0.15, -0.1) is 0 Å². The van der Waals surface area contributed by atoms with Gasteiger partial charge in [0.2, 0.25) is 0 Å². The Morgan fingerprint density at radius 2 is 2.22 bits per heavy atom. The predicted molar refractivity (Wildman–Crippen MR) is 70.3 cm³/mol. The summed E-state index contributed by atoms with van der Waals surface area (Å²) in [6.45, 7) is 8.85. The minimum atomic E-state index is -0.0660. The molecule has 5 nitrogen and oxygen atoms in total. The number of aromatic nitrogens is 2. The number of amides is 1. The number of carbonyl (C=O) groups is 1. The zero-order valence-corrected chi connectivity index (χ0v) is 11.3. The Morgan fingerprint density at radius 1 is 1.44 bits per heavy atom. The fourth-order valence-electron chi connectivity index (χ4n) is 1.99. The van der Waals surface area contributed by atoms with Crippen LogP contribution >= 0.6 is 0 Å². The molecule has 1 atom stereocenters. The van der Waals surface area contributed by atoms with Gasteiger partial charge in [0.25, 0.3) is 5.91 Å². The van der Waals surface area contributed by atoms with Crippen LogP contribution in [0.2, 0.25) is 0 Å². The van der Waals surface area contributed by atoms with Gasteiger partial charge >= 0.3 is 0 Å². The fourth-order valence-corrected chi connectivity index (χ4v) is 1.99. The molecule has 1 amide bonds. The zero-order chi connectivity index (χ0) is 13.1. The molecule has 100 valence electrons. The summed E-state index contributed by atoms with van der Waals surface area (Å²) < 4.78 is 0. The van der Waals surface area contributed by atoms with Crippen molar-refractivity contribution in [1.29, 1.82) is 0 Å². The van der Waals surface area contributed by atoms with Crippen LogP contribution in [-0.2, 0) is 13.0 Å². The monoisotopic (exact) mass is 250 g/mol. The molecule has 0 saturated carbocycles. The maximum atomic E-state index is 12.1. The van der Waals surface area contributed by atoms with Crippen LogP contribution in [0.5, 0.6) is 0 Å². The van der Waals surface area contributed by atoms with Gasteiger partial charge in [0.1, 0.15) is 0 Å². The molecule has 3 N–H and O–H groups in total. The Morgan fingerprint density at radius 3 is 2.94 bits per heavy atom. The predicted octanol–water partition coefficient (Wildman–Crippen LogP) is 1.08. The quantitative estimate of drug-likeness (QED) is 0.749. The van der Waals surface area contributed by atoms with Crippen molar-refractivity contribution in [1.82, 2.24) is 20.8 Å². The Balaban J connectivity index is 1.99. The topological polar surface area (TPSA) is 69.8 Å². The van der Waals surface area contributed by atoms with Gasteiger partial charge in [0.15, 0.2) is 5.69 Å². The summed E-state index contributed by atoms with van der Waals surface area (Å²) in [7, 11) is 0. The number of carbonyl (C=O) groups excluding carboxylic acids is 1. The zero-order valence-electron chi connectivity index (χ0n) is 11.3. The smallest absolute Gasteiger partial charge is 0.272 e. The molecule has 1 aliphatic heterocycles. The Bertz CT molecular complexity index is 425. The lowest BCUT2D eigenvalue weighted by Crippen LogP contribution is -2.32. The van der Waals surface area contributed by atoms with Gasteiger partial charge in [-0.05, 0) is 11.8 Å². The van der Waals surface area contributed by atoms with Crippen LogP contribution in [0.25, 0.3) is 0 Å². The van der Waals surface area contributed by atoms with Crippen LogP contribution < -0.4 is 10.6 Å². The first-order valence-corrected chi connectivity index (χ1v) is 6.64. The minimum absolute atomic E-state index is 0.0660. The summed E-state index contributed by atoms with van der Waals surface area (Å²) in [5.41, 5.74) is 2.67. The van der Waals surface area contributed by atoms with E-state index >= 15 is 0 Å². The van der Waals surface area contributed by atoms with Crippen molar-refractivity contribution in [2.75, 3.05) is 13.1 Å². The van der Waals surface area contributed by atoms with E-state index < -0.39 is 0 Å². The van der Waals surface area contributed by atoms with Gasteiger partial charge in [-0.25, -0.2) is 0 Å². The number of fused-ring (bicyclic) bond motifs is 1. The first kappa shape index (κ1) is 13.1. The molecule has 0 spiro atoms. The molecule has 2 rings (SSSR count). The van der Waals surface area contributed by atoms with Gasteiger partial charge < -0.3 is 10.6 Å². The van der Waals surface area contributed by atoms with Crippen molar-refractivity contribution >= 4 is 5.91 Å². The average Bonchev–Trinajstić information content (AvgIpc) is 2.79. The molecule has 1 aromatic rings. The van der Waals surface area contributed by atoms with E-state index in [0.29, 0.717) is 24.1 Å². The molecule has 0 fully saturated rings. The first-order valence-electron chi connectivity index (χ1n) is 6.64. The van der Waals surface area contributed by atoms with E-state index in [0.717, 1.165) is 30.8 Å². The van der Waals surface area contributed by atoms with Crippen LogP contribution in [0, 0.1) is 11.8 Å². The van der Waals surface area contributed by atoms with Crippen molar-refractivity contribution in [3.8, 4) is 0 Å². The number of aromatic amines is 1. The third kappa shape index (κ3) is 2.72. The lowest BCUT2D eigenvalue weighted by molar-refractivity contribution is 0.0938. The van der Waals surface area contributed by atoms with E-state index in [4.69, 9.17) is 0 Å². The molecule has 0 aromatic carbocycles. The molecule has 2 heterocycles. The highest BCUT2D eigenvalue weighted by molar-refractivity contribution is 5.94. The van der Waals surface area contributed by atoms with Gasteiger partial charge in [0, 0.05) is 37.3 Å². The normalized spacial score (nSPS) is 16.4. The largest absolute Gasteiger partial charge is 0.350 e. The van der Waals surface area contributed by atoms with Crippen molar-refractivity contribution < 1.29 is 4.79 Å². The molecule has 1 unspecified atom stereocenters. The number of H-pyrrole nitrogens is 1. The SMILES string of the molecule is CC(C)C(C)CNC(=O)c1n[nH]c2c1CNCC2. The van der Waals surface area contributed by atoms with Crippen molar-refractivity contribution in [3.63, 3.8) is 0 Å². The van der Waals surface area contributed by atoms with Crippen LogP contribution in [0.4, 0.5) is 0 Å². The number of hydrogen-bond acceptors (Lipinski definition) is 3. The van der Waals surface area contributed by atoms with Crippen molar-refractivity contribution in [3.05, 3.63) is 17.0 Å². The highest BCUT2D eigenvalue weighted by atomic mass is 16.1. The van der Waals surface area contributed by atoms with Crippen LogP contribution in [0.15, 0.2) is 0 Å². The van der Waals surface area contributed by atoms with Crippen LogP contribution in [-0.4, -0.2) is 29.2 Å². The fraction of sp³-hybridized carbons (Fsp3) is 0.692. The number of nitrogens with one attached hydrogen (secondary N) is 3. The Labute approximate surface area is 108 Å². The molecule has 0 saturated heterocycles. The minimum Gasteiger partial charge on any atom is -0.350 e. The second-order valence-corrected chi connectivity index (χ2v) is 5.39. The number of nitrogens with zero attached hydrogens (tertiary/aromatic N) is 1. The lowest BCUT2D eigenvalue weighted by atomic mass is 9.98. The molecule has 0 bridgehead atoms. The van der Waals surface area contributed by atoms with Crippen LogP contribution in [0.3, 0.4) is 0 Å². The summed E-state index contributed by atoms with van der Waals surface area (Å²) in [4.78, 5) is 12.1. The molecule has 5 heteroatoms. The first-order chi connectivity index (χ1) is 8.59. The number of rotatable bonds is 4. The third-order valence-corrected chi connectivity index (χ3v) is 3.74.